The first kappa shape index (κ1) is 19.1. The van der Waals surface area contributed by atoms with Crippen molar-refractivity contribution in [2.75, 3.05) is 12.8 Å². The van der Waals surface area contributed by atoms with E-state index in [-0.39, 0.29) is 0 Å². The van der Waals surface area contributed by atoms with Crippen LogP contribution in [0.1, 0.15) is 24.7 Å². The molecule has 0 fully saturated rings. The Kier molecular flexibility index (Phi) is 6.82. The number of aryl methyl sites for hydroxylation is 1. The molecule has 0 spiro atoms. The molecule has 3 aromatic rings. The molecule has 0 amide bonds. The van der Waals surface area contributed by atoms with Crippen molar-refractivity contribution in [3.63, 3.8) is 0 Å². The molecule has 0 aliphatic rings. The predicted molar refractivity (Wildman–Crippen MR) is 106 cm³/mol. The van der Waals surface area contributed by atoms with Crippen LogP contribution in [-0.4, -0.2) is 32.5 Å². The van der Waals surface area contributed by atoms with Crippen LogP contribution >= 0.6 is 23.5 Å². The van der Waals surface area contributed by atoms with E-state index in [1.807, 2.05) is 17.7 Å². The van der Waals surface area contributed by atoms with E-state index < -0.39 is 0 Å². The molecule has 0 saturated carbocycles. The van der Waals surface area contributed by atoms with Crippen molar-refractivity contribution in [3.05, 3.63) is 54.0 Å². The van der Waals surface area contributed by atoms with Crippen molar-refractivity contribution in [1.29, 1.82) is 0 Å². The van der Waals surface area contributed by atoms with Crippen LogP contribution in [0.2, 0.25) is 0 Å². The minimum absolute atomic E-state index is 0.803. The Hall–Kier alpha value is -1.70. The first-order valence-electron chi connectivity index (χ1n) is 8.63. The maximum Gasteiger partial charge on any atom is 0.198 e. The second kappa shape index (κ2) is 9.30. The molecule has 0 N–H and O–H groups in total. The van der Waals surface area contributed by atoms with Gasteiger partial charge in [0.05, 0.1) is 6.54 Å². The Bertz CT molecular complexity index is 813. The summed E-state index contributed by atoms with van der Waals surface area (Å²) in [4.78, 5) is 3.72. The fourth-order valence-electron chi connectivity index (χ4n) is 2.69. The molecule has 0 bridgehead atoms. The fourth-order valence-corrected chi connectivity index (χ4v) is 3.84. The number of rotatable bonds is 9. The van der Waals surface area contributed by atoms with Gasteiger partial charge >= 0.3 is 0 Å². The van der Waals surface area contributed by atoms with Crippen LogP contribution < -0.4 is 0 Å². The molecular weight excluding hydrogens is 364 g/mol. The molecule has 7 heteroatoms. The summed E-state index contributed by atoms with van der Waals surface area (Å²) >= 11 is 3.26. The summed E-state index contributed by atoms with van der Waals surface area (Å²) in [5, 5.41) is 9.65. The van der Waals surface area contributed by atoms with Gasteiger partial charge in [-0.1, -0.05) is 19.1 Å². The van der Waals surface area contributed by atoms with Gasteiger partial charge in [-0.3, -0.25) is 4.90 Å². The molecule has 0 radical (unpaired) electrons. The lowest BCUT2D eigenvalue weighted by Gasteiger charge is -2.20. The largest absolute Gasteiger partial charge is 0.453 e. The number of aromatic nitrogens is 3. The SMILES string of the molecule is CCCN(Cc1ccc(SC)cc1)Cc1ccc(Sc2nncn2C)o1. The minimum Gasteiger partial charge on any atom is -0.453 e. The van der Waals surface area contributed by atoms with Crippen molar-refractivity contribution in [3.8, 4) is 0 Å². The first-order valence-corrected chi connectivity index (χ1v) is 10.7. The molecule has 0 saturated heterocycles. The van der Waals surface area contributed by atoms with Crippen LogP contribution in [0.15, 0.2) is 62.3 Å². The highest BCUT2D eigenvalue weighted by Crippen LogP contribution is 2.28. The maximum absolute atomic E-state index is 6.00. The topological polar surface area (TPSA) is 47.1 Å². The lowest BCUT2D eigenvalue weighted by Crippen LogP contribution is -2.23. The van der Waals surface area contributed by atoms with Gasteiger partial charge in [0.15, 0.2) is 10.2 Å². The highest BCUT2D eigenvalue weighted by Gasteiger charge is 2.12. The molecule has 2 heterocycles. The second-order valence-electron chi connectivity index (χ2n) is 6.11. The van der Waals surface area contributed by atoms with E-state index >= 15 is 0 Å². The summed E-state index contributed by atoms with van der Waals surface area (Å²) in [6.07, 6.45) is 4.91. The molecule has 138 valence electrons. The Morgan fingerprint density at radius 3 is 2.58 bits per heavy atom. The predicted octanol–water partition coefficient (Wildman–Crippen LogP) is 4.69. The third kappa shape index (κ3) is 5.16. The standard InChI is InChI=1S/C19H24N4OS2/c1-4-11-23(12-15-5-8-17(25-3)9-6-15)13-16-7-10-18(24-16)26-19-21-20-14-22(19)2/h5-10,14H,4,11-13H2,1-3H3. The van der Waals surface area contributed by atoms with E-state index in [0.29, 0.717) is 0 Å². The average Bonchev–Trinajstić information content (AvgIpc) is 3.25. The molecule has 0 atom stereocenters. The third-order valence-corrected chi connectivity index (χ3v) is 5.70. The molecule has 26 heavy (non-hydrogen) atoms. The summed E-state index contributed by atoms with van der Waals surface area (Å²) in [7, 11) is 1.93. The zero-order chi connectivity index (χ0) is 18.4. The van der Waals surface area contributed by atoms with Crippen LogP contribution in [0.5, 0.6) is 0 Å². The fraction of sp³-hybridized carbons (Fsp3) is 0.368. The quantitative estimate of drug-likeness (QED) is 0.496. The minimum atomic E-state index is 0.803. The molecule has 5 nitrogen and oxygen atoms in total. The van der Waals surface area contributed by atoms with Crippen LogP contribution in [0, 0.1) is 0 Å². The van der Waals surface area contributed by atoms with Crippen LogP contribution in [0.3, 0.4) is 0 Å². The third-order valence-electron chi connectivity index (χ3n) is 3.98. The normalized spacial score (nSPS) is 11.4. The van der Waals surface area contributed by atoms with E-state index in [0.717, 1.165) is 42.1 Å². The van der Waals surface area contributed by atoms with Crippen molar-refractivity contribution >= 4 is 23.5 Å². The van der Waals surface area contributed by atoms with Gasteiger partial charge in [0, 0.05) is 18.5 Å². The van der Waals surface area contributed by atoms with E-state index in [1.165, 1.54) is 22.2 Å². The second-order valence-corrected chi connectivity index (χ2v) is 7.96. The van der Waals surface area contributed by atoms with Crippen molar-refractivity contribution in [2.45, 2.75) is 41.6 Å². The molecule has 2 aromatic heterocycles. The van der Waals surface area contributed by atoms with Crippen molar-refractivity contribution in [1.82, 2.24) is 19.7 Å². The summed E-state index contributed by atoms with van der Waals surface area (Å²) in [6.45, 7) is 4.98. The van der Waals surface area contributed by atoms with Gasteiger partial charge in [0.1, 0.15) is 12.1 Å². The van der Waals surface area contributed by atoms with E-state index in [4.69, 9.17) is 4.42 Å². The smallest absolute Gasteiger partial charge is 0.198 e. The summed E-state index contributed by atoms with van der Waals surface area (Å²) in [6, 6.07) is 12.9. The summed E-state index contributed by atoms with van der Waals surface area (Å²) in [5.74, 6) is 0.976. The molecule has 0 unspecified atom stereocenters. The molecular formula is C19H24N4OS2. The van der Waals surface area contributed by atoms with E-state index in [2.05, 4.69) is 58.6 Å². The lowest BCUT2D eigenvalue weighted by atomic mass is 10.2. The van der Waals surface area contributed by atoms with Crippen LogP contribution in [0.25, 0.3) is 0 Å². The van der Waals surface area contributed by atoms with Crippen LogP contribution in [0.4, 0.5) is 0 Å². The number of nitrogens with zero attached hydrogens (tertiary/aromatic N) is 4. The Morgan fingerprint density at radius 1 is 1.12 bits per heavy atom. The Balaban J connectivity index is 1.63. The van der Waals surface area contributed by atoms with Crippen LogP contribution in [-0.2, 0) is 20.1 Å². The zero-order valence-electron chi connectivity index (χ0n) is 15.4. The number of hydrogen-bond donors (Lipinski definition) is 0. The molecule has 3 rings (SSSR count). The van der Waals surface area contributed by atoms with Crippen molar-refractivity contribution < 1.29 is 4.42 Å². The highest BCUT2D eigenvalue weighted by molar-refractivity contribution is 7.99. The van der Waals surface area contributed by atoms with Gasteiger partial charge in [-0.15, -0.1) is 22.0 Å². The number of furan rings is 1. The maximum atomic E-state index is 6.00. The lowest BCUT2D eigenvalue weighted by molar-refractivity contribution is 0.229. The van der Waals surface area contributed by atoms with Crippen molar-refractivity contribution in [2.24, 2.45) is 7.05 Å². The number of thioether (sulfide) groups is 1. The molecule has 1 aromatic carbocycles. The first-order chi connectivity index (χ1) is 12.7. The number of benzene rings is 1. The van der Waals surface area contributed by atoms with Gasteiger partial charge in [-0.05, 0) is 60.8 Å². The van der Waals surface area contributed by atoms with Gasteiger partial charge in [0.25, 0.3) is 0 Å². The van der Waals surface area contributed by atoms with E-state index in [9.17, 15) is 0 Å². The van der Waals surface area contributed by atoms with Gasteiger partial charge in [-0.25, -0.2) is 0 Å². The monoisotopic (exact) mass is 388 g/mol. The van der Waals surface area contributed by atoms with Gasteiger partial charge in [-0.2, -0.15) is 0 Å². The summed E-state index contributed by atoms with van der Waals surface area (Å²) in [5.41, 5.74) is 1.33. The molecule has 0 aliphatic carbocycles. The average molecular weight is 389 g/mol. The number of hydrogen-bond acceptors (Lipinski definition) is 6. The van der Waals surface area contributed by atoms with Gasteiger partial charge in [0.2, 0.25) is 0 Å². The highest BCUT2D eigenvalue weighted by atomic mass is 32.2. The van der Waals surface area contributed by atoms with Gasteiger partial charge < -0.3 is 8.98 Å². The zero-order valence-corrected chi connectivity index (χ0v) is 17.0. The Morgan fingerprint density at radius 2 is 1.92 bits per heavy atom. The Labute approximate surface area is 163 Å². The molecule has 0 aliphatic heterocycles. The van der Waals surface area contributed by atoms with E-state index in [1.54, 1.807) is 18.1 Å². The summed E-state index contributed by atoms with van der Waals surface area (Å²) < 4.78 is 7.88.